The minimum atomic E-state index is 0.560. The summed E-state index contributed by atoms with van der Waals surface area (Å²) in [5.41, 5.74) is 6.20. The molecule has 64 valence electrons. The number of hydrogen-bond acceptors (Lipinski definition) is 2. The maximum atomic E-state index is 5.64. The van der Waals surface area contributed by atoms with Crippen molar-refractivity contribution in [3.8, 4) is 0 Å². The summed E-state index contributed by atoms with van der Waals surface area (Å²) in [6.07, 6.45) is 5.29. The Morgan fingerprint density at radius 3 is 2.91 bits per heavy atom. The molecule has 0 aromatic rings. The Bertz CT molecular complexity index is 140. The first-order valence-electron chi connectivity index (χ1n) is 4.62. The van der Waals surface area contributed by atoms with E-state index < -0.39 is 0 Å². The number of nitrogens with two attached hydrogens (primary N) is 1. The molecular weight excluding hydrogens is 138 g/mol. The molecular formula is C9H17NO. The fourth-order valence-electron chi connectivity index (χ4n) is 2.54. The van der Waals surface area contributed by atoms with E-state index in [-0.39, 0.29) is 0 Å². The van der Waals surface area contributed by atoms with Crippen molar-refractivity contribution in [2.45, 2.75) is 25.7 Å². The average molecular weight is 155 g/mol. The summed E-state index contributed by atoms with van der Waals surface area (Å²) < 4.78 is 5.43. The molecule has 2 fully saturated rings. The molecule has 1 heterocycles. The van der Waals surface area contributed by atoms with Gasteiger partial charge in [-0.2, -0.15) is 0 Å². The van der Waals surface area contributed by atoms with Gasteiger partial charge in [0.15, 0.2) is 0 Å². The zero-order valence-corrected chi connectivity index (χ0v) is 7.01. The molecule has 1 spiro atoms. The van der Waals surface area contributed by atoms with Gasteiger partial charge in [-0.15, -0.1) is 0 Å². The van der Waals surface area contributed by atoms with Crippen molar-refractivity contribution in [1.29, 1.82) is 0 Å². The Balaban J connectivity index is 1.96. The molecule has 2 rings (SSSR count). The molecule has 2 nitrogen and oxygen atoms in total. The smallest absolute Gasteiger partial charge is 0.0523 e. The lowest BCUT2D eigenvalue weighted by Crippen LogP contribution is -2.18. The van der Waals surface area contributed by atoms with E-state index in [0.717, 1.165) is 25.7 Å². The van der Waals surface area contributed by atoms with Crippen LogP contribution in [0.5, 0.6) is 0 Å². The van der Waals surface area contributed by atoms with Gasteiger partial charge in [0.05, 0.1) is 6.61 Å². The maximum absolute atomic E-state index is 5.64. The second-order valence-electron chi connectivity index (χ2n) is 4.15. The number of ether oxygens (including phenoxy) is 1. The predicted octanol–water partition coefficient (Wildman–Crippen LogP) is 1.15. The summed E-state index contributed by atoms with van der Waals surface area (Å²) in [6, 6.07) is 0. The normalized spacial score (nSPS) is 43.9. The van der Waals surface area contributed by atoms with E-state index in [2.05, 4.69) is 0 Å². The van der Waals surface area contributed by atoms with E-state index in [1.54, 1.807) is 0 Å². The zero-order chi connectivity index (χ0) is 7.73. The van der Waals surface area contributed by atoms with Crippen LogP contribution in [-0.4, -0.2) is 19.8 Å². The Hall–Kier alpha value is -0.0800. The maximum Gasteiger partial charge on any atom is 0.0523 e. The van der Waals surface area contributed by atoms with Crippen molar-refractivity contribution < 1.29 is 4.74 Å². The lowest BCUT2D eigenvalue weighted by atomic mass is 9.85. The lowest BCUT2D eigenvalue weighted by molar-refractivity contribution is 0.152. The summed E-state index contributed by atoms with van der Waals surface area (Å²) in [5.74, 6) is 0.789. The molecule has 1 aliphatic carbocycles. The third-order valence-electron chi connectivity index (χ3n) is 3.32. The Kier molecular flexibility index (Phi) is 1.90. The first kappa shape index (κ1) is 7.56. The van der Waals surface area contributed by atoms with Crippen LogP contribution >= 0.6 is 0 Å². The first-order chi connectivity index (χ1) is 5.35. The third-order valence-corrected chi connectivity index (χ3v) is 3.32. The van der Waals surface area contributed by atoms with Gasteiger partial charge in [-0.05, 0) is 43.6 Å². The van der Waals surface area contributed by atoms with Gasteiger partial charge in [-0.3, -0.25) is 0 Å². The number of rotatable bonds is 1. The fraction of sp³-hybridized carbons (Fsp3) is 1.00. The van der Waals surface area contributed by atoms with Crippen molar-refractivity contribution in [1.82, 2.24) is 0 Å². The van der Waals surface area contributed by atoms with Gasteiger partial charge >= 0.3 is 0 Å². The summed E-state index contributed by atoms with van der Waals surface area (Å²) in [4.78, 5) is 0. The molecule has 1 saturated carbocycles. The van der Waals surface area contributed by atoms with E-state index in [9.17, 15) is 0 Å². The standard InChI is InChI=1S/C9H17NO/c10-6-8-1-2-9(5-8)3-4-11-7-9/h8H,1-7,10H2. The van der Waals surface area contributed by atoms with Gasteiger partial charge in [0.1, 0.15) is 0 Å². The topological polar surface area (TPSA) is 35.2 Å². The van der Waals surface area contributed by atoms with Crippen molar-refractivity contribution in [3.05, 3.63) is 0 Å². The molecule has 2 N–H and O–H groups in total. The Morgan fingerprint density at radius 1 is 1.45 bits per heavy atom. The van der Waals surface area contributed by atoms with Crippen LogP contribution in [0.1, 0.15) is 25.7 Å². The molecule has 1 aliphatic heterocycles. The summed E-state index contributed by atoms with van der Waals surface area (Å²) >= 11 is 0. The van der Waals surface area contributed by atoms with Gasteiger partial charge in [0.25, 0.3) is 0 Å². The molecule has 0 amide bonds. The van der Waals surface area contributed by atoms with Crippen molar-refractivity contribution in [2.24, 2.45) is 17.1 Å². The summed E-state index contributed by atoms with van der Waals surface area (Å²) in [7, 11) is 0. The fourth-order valence-corrected chi connectivity index (χ4v) is 2.54. The predicted molar refractivity (Wildman–Crippen MR) is 44.3 cm³/mol. The molecule has 1 saturated heterocycles. The van der Waals surface area contributed by atoms with Crippen LogP contribution in [0.15, 0.2) is 0 Å². The monoisotopic (exact) mass is 155 g/mol. The second-order valence-corrected chi connectivity index (χ2v) is 4.15. The minimum absolute atomic E-state index is 0.560. The van der Waals surface area contributed by atoms with E-state index in [4.69, 9.17) is 10.5 Å². The second kappa shape index (κ2) is 2.76. The van der Waals surface area contributed by atoms with Crippen LogP contribution in [0, 0.1) is 11.3 Å². The van der Waals surface area contributed by atoms with Crippen molar-refractivity contribution in [3.63, 3.8) is 0 Å². The largest absolute Gasteiger partial charge is 0.381 e. The number of hydrogen-bond donors (Lipinski definition) is 1. The third kappa shape index (κ3) is 1.30. The van der Waals surface area contributed by atoms with Crippen LogP contribution in [0.4, 0.5) is 0 Å². The van der Waals surface area contributed by atoms with Crippen LogP contribution in [0.25, 0.3) is 0 Å². The highest BCUT2D eigenvalue weighted by atomic mass is 16.5. The molecule has 0 aromatic heterocycles. The first-order valence-corrected chi connectivity index (χ1v) is 4.62. The molecule has 0 radical (unpaired) electrons. The van der Waals surface area contributed by atoms with E-state index in [0.29, 0.717) is 5.41 Å². The van der Waals surface area contributed by atoms with Gasteiger partial charge in [0, 0.05) is 6.61 Å². The molecule has 11 heavy (non-hydrogen) atoms. The minimum Gasteiger partial charge on any atom is -0.381 e. The van der Waals surface area contributed by atoms with Crippen molar-refractivity contribution in [2.75, 3.05) is 19.8 Å². The highest BCUT2D eigenvalue weighted by molar-refractivity contribution is 4.91. The molecule has 2 atom stereocenters. The zero-order valence-electron chi connectivity index (χ0n) is 7.01. The molecule has 0 aromatic carbocycles. The lowest BCUT2D eigenvalue weighted by Gasteiger charge is -2.20. The van der Waals surface area contributed by atoms with Gasteiger partial charge < -0.3 is 10.5 Å². The highest BCUT2D eigenvalue weighted by Gasteiger charge is 2.41. The Morgan fingerprint density at radius 2 is 2.36 bits per heavy atom. The average Bonchev–Trinajstić information content (AvgIpc) is 2.62. The SMILES string of the molecule is NCC1CCC2(CCOC2)C1. The van der Waals surface area contributed by atoms with Gasteiger partial charge in [-0.1, -0.05) is 0 Å². The van der Waals surface area contributed by atoms with Gasteiger partial charge in [0.2, 0.25) is 0 Å². The van der Waals surface area contributed by atoms with Crippen molar-refractivity contribution >= 4 is 0 Å². The Labute approximate surface area is 68.1 Å². The molecule has 0 bridgehead atoms. The van der Waals surface area contributed by atoms with Gasteiger partial charge in [-0.25, -0.2) is 0 Å². The summed E-state index contributed by atoms with van der Waals surface area (Å²) in [6.45, 7) is 2.86. The molecule has 2 heteroatoms. The van der Waals surface area contributed by atoms with E-state index in [1.165, 1.54) is 25.7 Å². The summed E-state index contributed by atoms with van der Waals surface area (Å²) in [5, 5.41) is 0. The highest BCUT2D eigenvalue weighted by Crippen LogP contribution is 2.46. The van der Waals surface area contributed by atoms with E-state index in [1.807, 2.05) is 0 Å². The van der Waals surface area contributed by atoms with Crippen LogP contribution < -0.4 is 5.73 Å². The quantitative estimate of drug-likeness (QED) is 0.616. The van der Waals surface area contributed by atoms with Crippen LogP contribution in [0.2, 0.25) is 0 Å². The molecule has 2 unspecified atom stereocenters. The molecule has 2 aliphatic rings. The van der Waals surface area contributed by atoms with E-state index >= 15 is 0 Å². The van der Waals surface area contributed by atoms with Crippen LogP contribution in [0.3, 0.4) is 0 Å². The van der Waals surface area contributed by atoms with Crippen LogP contribution in [-0.2, 0) is 4.74 Å².